The first-order chi connectivity index (χ1) is 8.31. The molecule has 0 fully saturated rings. The lowest BCUT2D eigenvalue weighted by Gasteiger charge is -2.19. The Morgan fingerprint density at radius 3 is 2.50 bits per heavy atom. The van der Waals surface area contributed by atoms with Crippen molar-refractivity contribution in [1.82, 2.24) is 5.32 Å². The highest BCUT2D eigenvalue weighted by molar-refractivity contribution is 5.52. The lowest BCUT2D eigenvalue weighted by molar-refractivity contribution is 0.431. The molecule has 1 N–H and O–H groups in total. The highest BCUT2D eigenvalue weighted by atomic mass is 19.1. The zero-order valence-electron chi connectivity index (χ0n) is 11.5. The molecule has 0 saturated carbocycles. The molecule has 0 heterocycles. The van der Waals surface area contributed by atoms with Crippen molar-refractivity contribution in [3.63, 3.8) is 0 Å². The molecule has 0 atom stereocenters. The molecular formula is C15H21F2N. The molecule has 0 aromatic heterocycles. The molecule has 1 nitrogen and oxygen atoms in total. The van der Waals surface area contributed by atoms with E-state index in [0.717, 1.165) is 13.0 Å². The van der Waals surface area contributed by atoms with Crippen LogP contribution < -0.4 is 5.32 Å². The van der Waals surface area contributed by atoms with Gasteiger partial charge in [-0.15, -0.1) is 0 Å². The monoisotopic (exact) mass is 253 g/mol. The molecule has 1 aromatic carbocycles. The van der Waals surface area contributed by atoms with Gasteiger partial charge in [-0.1, -0.05) is 18.2 Å². The fourth-order valence-electron chi connectivity index (χ4n) is 1.56. The van der Waals surface area contributed by atoms with Crippen molar-refractivity contribution in [1.29, 1.82) is 0 Å². The Balaban J connectivity index is 2.60. The molecule has 18 heavy (non-hydrogen) atoms. The summed E-state index contributed by atoms with van der Waals surface area (Å²) in [6.45, 7) is 8.66. The second kappa shape index (κ2) is 6.10. The summed E-state index contributed by atoms with van der Waals surface area (Å²) < 4.78 is 27.1. The van der Waals surface area contributed by atoms with E-state index in [1.165, 1.54) is 18.2 Å². The fraction of sp³-hybridized carbons (Fsp3) is 0.467. The maximum absolute atomic E-state index is 13.7. The topological polar surface area (TPSA) is 12.0 Å². The molecule has 0 spiro atoms. The zero-order chi connectivity index (χ0) is 13.8. The largest absolute Gasteiger partial charge is 0.312 e. The third-order valence-electron chi connectivity index (χ3n) is 2.57. The summed E-state index contributed by atoms with van der Waals surface area (Å²) in [5.41, 5.74) is 0.572. The van der Waals surface area contributed by atoms with Crippen LogP contribution in [-0.4, -0.2) is 12.1 Å². The van der Waals surface area contributed by atoms with E-state index in [1.807, 2.05) is 0 Å². The van der Waals surface area contributed by atoms with Gasteiger partial charge in [-0.3, -0.25) is 0 Å². The lowest BCUT2D eigenvalue weighted by atomic mass is 10.1. The quantitative estimate of drug-likeness (QED) is 0.798. The Bertz CT molecular complexity index is 431. The number of nitrogens with one attached hydrogen (secondary N) is 1. The minimum absolute atomic E-state index is 0.0470. The standard InChI is InChI=1S/C15H21F2N/c1-11-8-9-13(16)12(14(11)17)7-5-6-10-18-15(2,3)4/h5,7-9,18H,6,10H2,1-4H3/b7-5+. The molecule has 0 aliphatic heterocycles. The maximum Gasteiger partial charge on any atom is 0.136 e. The normalized spacial score (nSPS) is 12.3. The van der Waals surface area contributed by atoms with Gasteiger partial charge < -0.3 is 5.32 Å². The molecule has 1 aromatic rings. The van der Waals surface area contributed by atoms with Gasteiger partial charge in [0.05, 0.1) is 0 Å². The zero-order valence-corrected chi connectivity index (χ0v) is 11.5. The van der Waals surface area contributed by atoms with Gasteiger partial charge in [-0.25, -0.2) is 8.78 Å². The van der Waals surface area contributed by atoms with Gasteiger partial charge in [0.2, 0.25) is 0 Å². The smallest absolute Gasteiger partial charge is 0.136 e. The Labute approximate surface area is 108 Å². The van der Waals surface area contributed by atoms with E-state index in [9.17, 15) is 8.78 Å². The number of benzene rings is 1. The van der Waals surface area contributed by atoms with Gasteiger partial charge in [0.1, 0.15) is 11.6 Å². The van der Waals surface area contributed by atoms with E-state index >= 15 is 0 Å². The SMILES string of the molecule is Cc1ccc(F)c(/C=C/CCNC(C)(C)C)c1F. The molecule has 100 valence electrons. The van der Waals surface area contributed by atoms with Crippen LogP contribution in [0.5, 0.6) is 0 Å². The van der Waals surface area contributed by atoms with Crippen LogP contribution in [0.15, 0.2) is 18.2 Å². The lowest BCUT2D eigenvalue weighted by Crippen LogP contribution is -2.36. The van der Waals surface area contributed by atoms with Crippen molar-refractivity contribution < 1.29 is 8.78 Å². The number of halogens is 2. The van der Waals surface area contributed by atoms with Gasteiger partial charge in [0.15, 0.2) is 0 Å². The van der Waals surface area contributed by atoms with Crippen molar-refractivity contribution in [2.45, 2.75) is 39.7 Å². The average Bonchev–Trinajstić information content (AvgIpc) is 2.26. The Morgan fingerprint density at radius 1 is 1.22 bits per heavy atom. The highest BCUT2D eigenvalue weighted by Gasteiger charge is 2.08. The predicted molar refractivity (Wildman–Crippen MR) is 72.5 cm³/mol. The first-order valence-electron chi connectivity index (χ1n) is 6.17. The second-order valence-corrected chi connectivity index (χ2v) is 5.46. The number of aryl methyl sites for hydroxylation is 1. The molecule has 0 aliphatic carbocycles. The van der Waals surface area contributed by atoms with E-state index in [4.69, 9.17) is 0 Å². The first kappa shape index (κ1) is 14.8. The molecule has 0 radical (unpaired) electrons. The first-order valence-corrected chi connectivity index (χ1v) is 6.17. The van der Waals surface area contributed by atoms with E-state index < -0.39 is 11.6 Å². The van der Waals surface area contributed by atoms with E-state index in [2.05, 4.69) is 26.1 Å². The van der Waals surface area contributed by atoms with Crippen LogP contribution in [0, 0.1) is 18.6 Å². The number of hydrogen-bond donors (Lipinski definition) is 1. The fourth-order valence-corrected chi connectivity index (χ4v) is 1.56. The van der Waals surface area contributed by atoms with Crippen LogP contribution in [0.25, 0.3) is 6.08 Å². The molecule has 0 bridgehead atoms. The molecular weight excluding hydrogens is 232 g/mol. The van der Waals surface area contributed by atoms with Crippen LogP contribution in [0.4, 0.5) is 8.78 Å². The van der Waals surface area contributed by atoms with Gasteiger partial charge in [0, 0.05) is 11.1 Å². The van der Waals surface area contributed by atoms with E-state index in [0.29, 0.717) is 5.56 Å². The Hall–Kier alpha value is -1.22. The van der Waals surface area contributed by atoms with Crippen LogP contribution in [0.3, 0.4) is 0 Å². The highest BCUT2D eigenvalue weighted by Crippen LogP contribution is 2.17. The maximum atomic E-state index is 13.7. The third kappa shape index (κ3) is 4.57. The summed E-state index contributed by atoms with van der Waals surface area (Å²) in [4.78, 5) is 0. The summed E-state index contributed by atoms with van der Waals surface area (Å²) in [5.74, 6) is -0.992. The summed E-state index contributed by atoms with van der Waals surface area (Å²) in [6.07, 6.45) is 4.05. The van der Waals surface area contributed by atoms with Crippen molar-refractivity contribution in [2.24, 2.45) is 0 Å². The second-order valence-electron chi connectivity index (χ2n) is 5.46. The van der Waals surface area contributed by atoms with Gasteiger partial charge in [-0.2, -0.15) is 0 Å². The molecule has 1 rings (SSSR count). The van der Waals surface area contributed by atoms with Crippen molar-refractivity contribution >= 4 is 6.08 Å². The van der Waals surface area contributed by atoms with Gasteiger partial charge in [-0.05, 0) is 52.3 Å². The van der Waals surface area contributed by atoms with Crippen LogP contribution in [0.2, 0.25) is 0 Å². The summed E-state index contributed by atoms with van der Waals surface area (Å²) in [6, 6.07) is 2.74. The molecule has 0 unspecified atom stereocenters. The van der Waals surface area contributed by atoms with Crippen molar-refractivity contribution in [3.05, 3.63) is 41.0 Å². The molecule has 0 amide bonds. The Morgan fingerprint density at radius 2 is 1.89 bits per heavy atom. The predicted octanol–water partition coefficient (Wildman–Crippen LogP) is 4.06. The van der Waals surface area contributed by atoms with E-state index in [-0.39, 0.29) is 11.1 Å². The molecule has 3 heteroatoms. The van der Waals surface area contributed by atoms with Crippen LogP contribution in [0.1, 0.15) is 38.3 Å². The van der Waals surface area contributed by atoms with Crippen LogP contribution in [-0.2, 0) is 0 Å². The molecule has 0 aliphatic rings. The summed E-state index contributed by atoms with van der Waals surface area (Å²) in [5, 5.41) is 3.31. The van der Waals surface area contributed by atoms with Crippen molar-refractivity contribution in [2.75, 3.05) is 6.54 Å². The average molecular weight is 253 g/mol. The van der Waals surface area contributed by atoms with Gasteiger partial charge >= 0.3 is 0 Å². The van der Waals surface area contributed by atoms with E-state index in [1.54, 1.807) is 13.0 Å². The minimum atomic E-state index is -0.516. The van der Waals surface area contributed by atoms with Crippen LogP contribution >= 0.6 is 0 Å². The van der Waals surface area contributed by atoms with Crippen molar-refractivity contribution in [3.8, 4) is 0 Å². The van der Waals surface area contributed by atoms with Gasteiger partial charge in [0.25, 0.3) is 0 Å². The summed E-state index contributed by atoms with van der Waals surface area (Å²) in [7, 11) is 0. The minimum Gasteiger partial charge on any atom is -0.312 e. The molecule has 0 saturated heterocycles. The Kier molecular flexibility index (Phi) is 5.03. The third-order valence-corrected chi connectivity index (χ3v) is 2.57. The summed E-state index contributed by atoms with van der Waals surface area (Å²) >= 11 is 0. The number of hydrogen-bond acceptors (Lipinski definition) is 1. The number of rotatable bonds is 4.